The highest BCUT2D eigenvalue weighted by Gasteiger charge is 2.13. The van der Waals surface area contributed by atoms with Crippen LogP contribution >= 0.6 is 0 Å². The minimum absolute atomic E-state index is 0.210. The van der Waals surface area contributed by atoms with E-state index in [-0.39, 0.29) is 18.0 Å². The van der Waals surface area contributed by atoms with Gasteiger partial charge in [-0.1, -0.05) is 42.5 Å². The molecule has 2 rings (SSSR count). The zero-order valence-electron chi connectivity index (χ0n) is 11.7. The summed E-state index contributed by atoms with van der Waals surface area (Å²) >= 11 is 0. The summed E-state index contributed by atoms with van der Waals surface area (Å²) in [6.07, 6.45) is -0.192. The summed E-state index contributed by atoms with van der Waals surface area (Å²) in [6.45, 7) is 1.76. The van der Waals surface area contributed by atoms with E-state index in [4.69, 9.17) is 9.84 Å². The number of carboxylic acid groups (broad SMARTS) is 1. The largest absolute Gasteiger partial charge is 0.478 e. The lowest BCUT2D eigenvalue weighted by atomic mass is 10.1. The number of carbonyl (C=O) groups is 2. The average molecular weight is 284 g/mol. The number of hydrogen-bond donors (Lipinski definition) is 1. The number of ether oxygens (including phenoxy) is 1. The highest BCUT2D eigenvalue weighted by Crippen LogP contribution is 2.18. The molecule has 0 radical (unpaired) electrons. The van der Waals surface area contributed by atoms with Gasteiger partial charge in [-0.15, -0.1) is 0 Å². The number of rotatable bonds is 5. The van der Waals surface area contributed by atoms with Crippen LogP contribution in [0, 0.1) is 0 Å². The summed E-state index contributed by atoms with van der Waals surface area (Å²) in [5.74, 6) is -1.29. The summed E-state index contributed by atoms with van der Waals surface area (Å²) < 4.78 is 5.35. The molecule has 0 amide bonds. The van der Waals surface area contributed by atoms with Gasteiger partial charge in [-0.05, 0) is 30.2 Å². The minimum atomic E-state index is -0.977. The molecule has 0 aliphatic carbocycles. The standard InChI is InChI=1S/C17H16O4/c1-12(14-7-9-15(10-8-14)17(19)20)21-16(18)11-13-5-3-2-4-6-13/h2-10,12H,11H2,1H3,(H,19,20)/t12-/m1/s1. The molecule has 2 aromatic rings. The number of carbonyl (C=O) groups excluding carboxylic acids is 1. The molecule has 0 saturated heterocycles. The van der Waals surface area contributed by atoms with Gasteiger partial charge in [0.15, 0.2) is 0 Å². The van der Waals surface area contributed by atoms with E-state index in [2.05, 4.69) is 0 Å². The van der Waals surface area contributed by atoms with Gasteiger partial charge in [-0.3, -0.25) is 4.79 Å². The third-order valence-electron chi connectivity index (χ3n) is 3.13. The Labute approximate surface area is 123 Å². The number of benzene rings is 2. The van der Waals surface area contributed by atoms with Gasteiger partial charge >= 0.3 is 11.9 Å². The van der Waals surface area contributed by atoms with E-state index >= 15 is 0 Å². The zero-order valence-corrected chi connectivity index (χ0v) is 11.7. The molecule has 4 nitrogen and oxygen atoms in total. The van der Waals surface area contributed by atoms with Crippen molar-refractivity contribution in [2.24, 2.45) is 0 Å². The molecule has 1 atom stereocenters. The molecular weight excluding hydrogens is 268 g/mol. The third-order valence-corrected chi connectivity index (χ3v) is 3.13. The highest BCUT2D eigenvalue weighted by molar-refractivity contribution is 5.87. The molecule has 0 saturated carbocycles. The Morgan fingerprint density at radius 1 is 1.05 bits per heavy atom. The molecule has 0 aromatic heterocycles. The lowest BCUT2D eigenvalue weighted by Gasteiger charge is -2.14. The maximum atomic E-state index is 11.9. The predicted octanol–water partition coefficient (Wildman–Crippen LogP) is 3.23. The van der Waals surface area contributed by atoms with E-state index in [1.165, 1.54) is 12.1 Å². The maximum absolute atomic E-state index is 11.9. The van der Waals surface area contributed by atoms with Crippen molar-refractivity contribution in [2.45, 2.75) is 19.4 Å². The van der Waals surface area contributed by atoms with Crippen LogP contribution in [0.1, 0.15) is 34.5 Å². The van der Waals surface area contributed by atoms with Gasteiger partial charge in [0.1, 0.15) is 6.10 Å². The molecule has 0 heterocycles. The SMILES string of the molecule is C[C@@H](OC(=O)Cc1ccccc1)c1ccc(C(=O)O)cc1. The van der Waals surface area contributed by atoms with Gasteiger partial charge in [0.05, 0.1) is 12.0 Å². The lowest BCUT2D eigenvalue weighted by Crippen LogP contribution is -2.11. The Kier molecular flexibility index (Phi) is 4.72. The molecule has 0 aliphatic heterocycles. The van der Waals surface area contributed by atoms with Crippen molar-refractivity contribution in [1.82, 2.24) is 0 Å². The minimum Gasteiger partial charge on any atom is -0.478 e. The molecule has 108 valence electrons. The van der Waals surface area contributed by atoms with Crippen LogP contribution in [0.5, 0.6) is 0 Å². The molecule has 1 N–H and O–H groups in total. The number of hydrogen-bond acceptors (Lipinski definition) is 3. The summed E-state index contributed by atoms with van der Waals surface area (Å²) in [4.78, 5) is 22.6. The van der Waals surface area contributed by atoms with Crippen molar-refractivity contribution in [1.29, 1.82) is 0 Å². The molecule has 21 heavy (non-hydrogen) atoms. The van der Waals surface area contributed by atoms with E-state index in [0.717, 1.165) is 11.1 Å². The second kappa shape index (κ2) is 6.70. The van der Waals surface area contributed by atoms with Crippen LogP contribution in [-0.2, 0) is 16.0 Å². The van der Waals surface area contributed by atoms with E-state index in [1.807, 2.05) is 30.3 Å². The van der Waals surface area contributed by atoms with E-state index in [0.29, 0.717) is 0 Å². The predicted molar refractivity (Wildman–Crippen MR) is 78.1 cm³/mol. The summed E-state index contributed by atoms with van der Waals surface area (Å²) in [5.41, 5.74) is 1.87. The molecule has 0 unspecified atom stereocenters. The Morgan fingerprint density at radius 3 is 2.24 bits per heavy atom. The first-order valence-electron chi connectivity index (χ1n) is 6.63. The Hall–Kier alpha value is -2.62. The Bertz CT molecular complexity index is 617. The Morgan fingerprint density at radius 2 is 1.67 bits per heavy atom. The molecule has 4 heteroatoms. The van der Waals surface area contributed by atoms with Gasteiger partial charge in [0.2, 0.25) is 0 Å². The van der Waals surface area contributed by atoms with Crippen LogP contribution in [0.4, 0.5) is 0 Å². The smallest absolute Gasteiger partial charge is 0.335 e. The van der Waals surface area contributed by atoms with Crippen LogP contribution in [0.25, 0.3) is 0 Å². The molecule has 0 fully saturated rings. The fraction of sp³-hybridized carbons (Fsp3) is 0.176. The van der Waals surface area contributed by atoms with Gasteiger partial charge in [-0.25, -0.2) is 4.79 Å². The Balaban J connectivity index is 1.95. The fourth-order valence-electron chi connectivity index (χ4n) is 1.97. The van der Waals surface area contributed by atoms with Crippen LogP contribution in [0.2, 0.25) is 0 Å². The summed E-state index contributed by atoms with van der Waals surface area (Å²) in [6, 6.07) is 15.7. The zero-order chi connectivity index (χ0) is 15.2. The van der Waals surface area contributed by atoms with Crippen molar-refractivity contribution in [3.8, 4) is 0 Å². The molecule has 0 aliphatic rings. The number of esters is 1. The maximum Gasteiger partial charge on any atom is 0.335 e. The van der Waals surface area contributed by atoms with Crippen molar-refractivity contribution in [2.75, 3.05) is 0 Å². The quantitative estimate of drug-likeness (QED) is 0.856. The molecular formula is C17H16O4. The number of aromatic carboxylic acids is 1. The second-order valence-corrected chi connectivity index (χ2v) is 4.72. The van der Waals surface area contributed by atoms with Gasteiger partial charge in [-0.2, -0.15) is 0 Å². The van der Waals surface area contributed by atoms with Crippen LogP contribution in [-0.4, -0.2) is 17.0 Å². The van der Waals surface area contributed by atoms with Crippen LogP contribution in [0.15, 0.2) is 54.6 Å². The van der Waals surface area contributed by atoms with Crippen LogP contribution < -0.4 is 0 Å². The second-order valence-electron chi connectivity index (χ2n) is 4.72. The first-order chi connectivity index (χ1) is 10.1. The third kappa shape index (κ3) is 4.18. The van der Waals surface area contributed by atoms with Gasteiger partial charge < -0.3 is 9.84 Å². The van der Waals surface area contributed by atoms with E-state index in [9.17, 15) is 9.59 Å². The highest BCUT2D eigenvalue weighted by atomic mass is 16.5. The van der Waals surface area contributed by atoms with Crippen molar-refractivity contribution >= 4 is 11.9 Å². The fourth-order valence-corrected chi connectivity index (χ4v) is 1.97. The summed E-state index contributed by atoms with van der Waals surface area (Å²) in [5, 5.41) is 8.84. The topological polar surface area (TPSA) is 63.6 Å². The van der Waals surface area contributed by atoms with Gasteiger partial charge in [0, 0.05) is 0 Å². The van der Waals surface area contributed by atoms with Gasteiger partial charge in [0.25, 0.3) is 0 Å². The molecule has 0 bridgehead atoms. The molecule has 2 aromatic carbocycles. The molecule has 0 spiro atoms. The van der Waals surface area contributed by atoms with Crippen molar-refractivity contribution in [3.63, 3.8) is 0 Å². The number of carboxylic acids is 1. The van der Waals surface area contributed by atoms with E-state index < -0.39 is 12.1 Å². The first kappa shape index (κ1) is 14.8. The van der Waals surface area contributed by atoms with Crippen molar-refractivity contribution < 1.29 is 19.4 Å². The van der Waals surface area contributed by atoms with Crippen molar-refractivity contribution in [3.05, 3.63) is 71.3 Å². The normalized spacial score (nSPS) is 11.7. The van der Waals surface area contributed by atoms with E-state index in [1.54, 1.807) is 19.1 Å². The van der Waals surface area contributed by atoms with Crippen LogP contribution in [0.3, 0.4) is 0 Å². The summed E-state index contributed by atoms with van der Waals surface area (Å²) in [7, 11) is 0. The lowest BCUT2D eigenvalue weighted by molar-refractivity contribution is -0.147. The monoisotopic (exact) mass is 284 g/mol. The average Bonchev–Trinajstić information content (AvgIpc) is 2.48. The first-order valence-corrected chi connectivity index (χ1v) is 6.63.